The van der Waals surface area contributed by atoms with E-state index in [9.17, 15) is 9.81 Å². The fourth-order valence-electron chi connectivity index (χ4n) is 6.61. The minimum Gasteiger partial charge on any atom is -0.598 e. The van der Waals surface area contributed by atoms with Crippen molar-refractivity contribution in [3.8, 4) is 17.3 Å². The minimum absolute atomic E-state index is 0.0109. The molecule has 1 unspecified atom stereocenters. The second kappa shape index (κ2) is 10.6. The number of rotatable bonds is 4. The second-order valence-corrected chi connectivity index (χ2v) is 15.4. The molecule has 7 rings (SSSR count). The number of hydrogen-bond acceptors (Lipinski definition) is 8. The summed E-state index contributed by atoms with van der Waals surface area (Å²) in [5, 5.41) is 24.0. The summed E-state index contributed by atoms with van der Waals surface area (Å²) in [5.41, 5.74) is 4.93. The highest BCUT2D eigenvalue weighted by Crippen LogP contribution is 2.53. The van der Waals surface area contributed by atoms with Crippen LogP contribution in [0.5, 0.6) is 0 Å². The van der Waals surface area contributed by atoms with Crippen LogP contribution >= 0.6 is 23.2 Å². The Morgan fingerprint density at radius 1 is 1.11 bits per heavy atom. The van der Waals surface area contributed by atoms with Gasteiger partial charge in [0.2, 0.25) is 5.95 Å². The number of nitrogens with zero attached hydrogens (tertiary/aromatic N) is 7. The topological polar surface area (TPSA) is 134 Å². The van der Waals surface area contributed by atoms with Crippen molar-refractivity contribution >= 4 is 62.4 Å². The number of aromatic nitrogens is 6. The van der Waals surface area contributed by atoms with Gasteiger partial charge in [-0.2, -0.15) is 20.4 Å². The van der Waals surface area contributed by atoms with E-state index < -0.39 is 11.4 Å². The monoisotopic (exact) mass is 647 g/mol. The number of H-pyrrole nitrogens is 1. The number of fused-ring (bicyclic) bond motifs is 3. The van der Waals surface area contributed by atoms with Crippen molar-refractivity contribution in [3.05, 3.63) is 63.4 Å². The summed E-state index contributed by atoms with van der Waals surface area (Å²) in [6, 6.07) is 14.4. The Hall–Kier alpha value is -3.40. The van der Waals surface area contributed by atoms with Gasteiger partial charge in [-0.15, -0.1) is 4.72 Å². The van der Waals surface area contributed by atoms with Crippen LogP contribution in [0.1, 0.15) is 56.5 Å². The van der Waals surface area contributed by atoms with Crippen LogP contribution in [0.2, 0.25) is 10.2 Å². The van der Waals surface area contributed by atoms with Crippen molar-refractivity contribution in [3.63, 3.8) is 0 Å². The number of aryl methyl sites for hydroxylation is 1. The number of halogens is 2. The Balaban J connectivity index is 1.19. The van der Waals surface area contributed by atoms with Gasteiger partial charge in [0.15, 0.2) is 11.3 Å². The number of anilines is 1. The lowest BCUT2D eigenvalue weighted by atomic mass is 9.73. The summed E-state index contributed by atoms with van der Waals surface area (Å²) in [4.78, 5) is 11.6. The fraction of sp³-hybridized carbons (Fsp3) is 0.387. The molecule has 1 fully saturated rings. The van der Waals surface area contributed by atoms with Gasteiger partial charge in [0.25, 0.3) is 0 Å². The van der Waals surface area contributed by atoms with Gasteiger partial charge >= 0.3 is 0 Å². The zero-order valence-electron chi connectivity index (χ0n) is 24.8. The van der Waals surface area contributed by atoms with Gasteiger partial charge in [0.05, 0.1) is 33.0 Å². The zero-order chi connectivity index (χ0) is 31.0. The largest absolute Gasteiger partial charge is 0.598 e. The van der Waals surface area contributed by atoms with Crippen molar-refractivity contribution in [2.45, 2.75) is 50.8 Å². The predicted molar refractivity (Wildman–Crippen MR) is 174 cm³/mol. The maximum absolute atomic E-state index is 13.3. The molecule has 0 amide bonds. The van der Waals surface area contributed by atoms with E-state index in [0.29, 0.717) is 62.4 Å². The zero-order valence-corrected chi connectivity index (χ0v) is 27.1. The molecule has 2 atom stereocenters. The number of piperidine rings is 1. The average molecular weight is 649 g/mol. The van der Waals surface area contributed by atoms with Crippen LogP contribution in [-0.4, -0.2) is 52.3 Å². The van der Waals surface area contributed by atoms with Gasteiger partial charge in [0.1, 0.15) is 16.0 Å². The molecule has 0 radical (unpaired) electrons. The lowest BCUT2D eigenvalue weighted by molar-refractivity contribution is 0.175. The van der Waals surface area contributed by atoms with E-state index in [4.69, 9.17) is 33.2 Å². The van der Waals surface area contributed by atoms with E-state index in [0.717, 1.165) is 19.3 Å². The molecule has 2 N–H and O–H groups in total. The first-order chi connectivity index (χ1) is 21.0. The molecule has 4 heterocycles. The van der Waals surface area contributed by atoms with E-state index in [-0.39, 0.29) is 21.9 Å². The van der Waals surface area contributed by atoms with Crippen LogP contribution in [-0.2, 0) is 24.8 Å². The van der Waals surface area contributed by atoms with Crippen LogP contribution in [0.4, 0.5) is 5.95 Å². The summed E-state index contributed by atoms with van der Waals surface area (Å²) in [6.07, 6.45) is 2.64. The lowest BCUT2D eigenvalue weighted by Gasteiger charge is -2.43. The van der Waals surface area contributed by atoms with Crippen molar-refractivity contribution in [1.29, 1.82) is 5.26 Å². The second-order valence-electron chi connectivity index (χ2n) is 12.7. The maximum atomic E-state index is 13.3. The lowest BCUT2D eigenvalue weighted by Crippen LogP contribution is -2.50. The molecule has 44 heavy (non-hydrogen) atoms. The van der Waals surface area contributed by atoms with E-state index in [1.54, 1.807) is 11.7 Å². The number of nitriles is 1. The standard InChI is InChI=1S/C31H31Cl2N9OS/c1-30(2,3)44(43)40-26-18-8-6-5-7-17(18)15-31(26)11-13-42(14-12-31)29-35-21(16-34)23-25(37-38-28(23)36-29)19-9-10-20-22(24(19)32)27(33)41(4)39-20/h5-10,26,40H,11-15H2,1-4H3,(H,35,36,37,38)/t26-,44?/m1/s1. The van der Waals surface area contributed by atoms with E-state index in [2.05, 4.69) is 55.3 Å². The van der Waals surface area contributed by atoms with Crippen LogP contribution in [0, 0.1) is 16.7 Å². The Labute approximate surface area is 268 Å². The van der Waals surface area contributed by atoms with Crippen LogP contribution in [0.3, 0.4) is 0 Å². The average Bonchev–Trinajstić information content (AvgIpc) is 3.65. The molecule has 2 aliphatic rings. The Morgan fingerprint density at radius 3 is 2.59 bits per heavy atom. The molecule has 1 spiro atoms. The summed E-state index contributed by atoms with van der Waals surface area (Å²) < 4.78 is 18.0. The molecule has 0 bridgehead atoms. The van der Waals surface area contributed by atoms with Crippen molar-refractivity contribution in [1.82, 2.24) is 34.7 Å². The third-order valence-corrected chi connectivity index (χ3v) is 11.4. The first kappa shape index (κ1) is 29.3. The Kier molecular flexibility index (Phi) is 7.06. The Morgan fingerprint density at radius 2 is 1.86 bits per heavy atom. The van der Waals surface area contributed by atoms with Crippen molar-refractivity contribution in [2.24, 2.45) is 12.5 Å². The fourth-order valence-corrected chi connectivity index (χ4v) is 8.18. The first-order valence-electron chi connectivity index (χ1n) is 14.5. The third kappa shape index (κ3) is 4.63. The van der Waals surface area contributed by atoms with Gasteiger partial charge in [-0.05, 0) is 63.3 Å². The minimum atomic E-state index is -1.21. The first-order valence-corrected chi connectivity index (χ1v) is 16.4. The molecule has 0 saturated carbocycles. The van der Waals surface area contributed by atoms with Gasteiger partial charge in [-0.1, -0.05) is 47.5 Å². The summed E-state index contributed by atoms with van der Waals surface area (Å²) >= 11 is 12.1. The summed E-state index contributed by atoms with van der Waals surface area (Å²) in [6.45, 7) is 7.38. The van der Waals surface area contributed by atoms with Gasteiger partial charge in [-0.25, -0.2) is 4.98 Å². The molecule has 1 aliphatic heterocycles. The molecule has 1 aliphatic carbocycles. The maximum Gasteiger partial charge on any atom is 0.228 e. The van der Waals surface area contributed by atoms with Crippen LogP contribution in [0.25, 0.3) is 33.2 Å². The molecule has 226 valence electrons. The highest BCUT2D eigenvalue weighted by atomic mass is 35.5. The Bertz CT molecular complexity index is 1970. The van der Waals surface area contributed by atoms with Crippen LogP contribution in [0.15, 0.2) is 36.4 Å². The van der Waals surface area contributed by atoms with Crippen molar-refractivity contribution in [2.75, 3.05) is 18.0 Å². The van der Waals surface area contributed by atoms with E-state index >= 15 is 0 Å². The van der Waals surface area contributed by atoms with E-state index in [1.165, 1.54) is 11.1 Å². The van der Waals surface area contributed by atoms with E-state index in [1.807, 2.05) is 32.9 Å². The number of hydrogen-bond donors (Lipinski definition) is 2. The smallest absolute Gasteiger partial charge is 0.228 e. The molecular weight excluding hydrogens is 617 g/mol. The highest BCUT2D eigenvalue weighted by Gasteiger charge is 2.50. The highest BCUT2D eigenvalue weighted by molar-refractivity contribution is 7.90. The summed E-state index contributed by atoms with van der Waals surface area (Å²) in [5.74, 6) is 0.470. The quantitative estimate of drug-likeness (QED) is 0.226. The van der Waals surface area contributed by atoms with Gasteiger partial charge in [-0.3, -0.25) is 9.78 Å². The van der Waals surface area contributed by atoms with Gasteiger partial charge < -0.3 is 9.45 Å². The molecule has 5 aromatic rings. The third-order valence-electron chi connectivity index (χ3n) is 8.99. The molecule has 2 aromatic carbocycles. The number of benzene rings is 2. The van der Waals surface area contributed by atoms with Crippen LogP contribution < -0.4 is 9.62 Å². The molecule has 10 nitrogen and oxygen atoms in total. The molecular formula is C31H31Cl2N9OS. The van der Waals surface area contributed by atoms with Gasteiger partial charge in [0, 0.05) is 42.5 Å². The number of aromatic amines is 1. The normalized spacial score (nSPS) is 18.7. The van der Waals surface area contributed by atoms with Crippen molar-refractivity contribution < 1.29 is 4.55 Å². The molecule has 1 saturated heterocycles. The summed E-state index contributed by atoms with van der Waals surface area (Å²) in [7, 11) is 1.75. The SMILES string of the molecule is Cn1nc2ccc(-c3[nH]nc4nc(N5CCC6(CC5)Cc5ccccc5[C@H]6N[S+]([O-])C(C)(C)C)nc(C#N)c34)c(Cl)c2c1Cl. The number of nitrogens with one attached hydrogen (secondary N) is 2. The predicted octanol–water partition coefficient (Wildman–Crippen LogP) is 6.02. The molecule has 3 aromatic heterocycles. The molecule has 13 heteroatoms.